The molecule has 1 fully saturated rings. The zero-order valence-electron chi connectivity index (χ0n) is 20.7. The molecular weight excluding hydrogens is 456 g/mol. The normalized spacial score (nSPS) is 15.4. The predicted octanol–water partition coefficient (Wildman–Crippen LogP) is 4.18. The topological polar surface area (TPSA) is 98.2 Å². The second-order valence-electron chi connectivity index (χ2n) is 9.98. The number of tetrazole rings is 1. The van der Waals surface area contributed by atoms with Gasteiger partial charge in [0.1, 0.15) is 0 Å². The molecule has 9 nitrogen and oxygen atoms in total. The summed E-state index contributed by atoms with van der Waals surface area (Å²) in [6.45, 7) is 5.97. The zero-order valence-corrected chi connectivity index (χ0v) is 20.7. The van der Waals surface area contributed by atoms with Crippen LogP contribution in [0.3, 0.4) is 0 Å². The summed E-state index contributed by atoms with van der Waals surface area (Å²) in [5.74, 6) is 2.33. The molecule has 2 aliphatic rings. The van der Waals surface area contributed by atoms with Gasteiger partial charge >= 0.3 is 0 Å². The van der Waals surface area contributed by atoms with Crippen LogP contribution < -0.4 is 15.0 Å². The van der Waals surface area contributed by atoms with Gasteiger partial charge in [-0.25, -0.2) is 4.68 Å². The lowest BCUT2D eigenvalue weighted by molar-refractivity contribution is 0.174. The number of benzene rings is 2. The molecule has 0 unspecified atom stereocenters. The monoisotopic (exact) mass is 486 g/mol. The first-order valence-electron chi connectivity index (χ1n) is 12.5. The van der Waals surface area contributed by atoms with Crippen LogP contribution in [0.2, 0.25) is 0 Å². The van der Waals surface area contributed by atoms with Crippen LogP contribution >= 0.6 is 0 Å². The van der Waals surface area contributed by atoms with Gasteiger partial charge in [-0.15, -0.1) is 5.10 Å². The van der Waals surface area contributed by atoms with Crippen LogP contribution in [0.5, 0.6) is 11.5 Å². The lowest BCUT2D eigenvalue weighted by Gasteiger charge is -2.23. The highest BCUT2D eigenvalue weighted by Gasteiger charge is 2.24. The van der Waals surface area contributed by atoms with Gasteiger partial charge in [-0.2, -0.15) is 0 Å². The minimum absolute atomic E-state index is 0.0708. The first-order valence-corrected chi connectivity index (χ1v) is 12.5. The highest BCUT2D eigenvalue weighted by molar-refractivity contribution is 5.83. The van der Waals surface area contributed by atoms with Crippen molar-refractivity contribution in [2.24, 2.45) is 0 Å². The van der Waals surface area contributed by atoms with Crippen molar-refractivity contribution in [1.82, 2.24) is 30.1 Å². The van der Waals surface area contributed by atoms with Gasteiger partial charge in [0.05, 0.1) is 12.6 Å². The molecule has 1 saturated carbocycles. The van der Waals surface area contributed by atoms with Crippen molar-refractivity contribution < 1.29 is 9.47 Å². The Morgan fingerprint density at radius 3 is 2.72 bits per heavy atom. The minimum Gasteiger partial charge on any atom is -0.454 e. The average Bonchev–Trinajstić information content (AvgIpc) is 3.61. The summed E-state index contributed by atoms with van der Waals surface area (Å²) >= 11 is 0. The number of fused-ring (bicyclic) bond motifs is 2. The number of hydrogen-bond donors (Lipinski definition) is 1. The molecular formula is C27H30N6O3. The van der Waals surface area contributed by atoms with Gasteiger partial charge in [0.25, 0.3) is 5.56 Å². The predicted molar refractivity (Wildman–Crippen MR) is 135 cm³/mol. The van der Waals surface area contributed by atoms with E-state index in [4.69, 9.17) is 9.47 Å². The number of aryl methyl sites for hydroxylation is 2. The molecule has 0 bridgehead atoms. The maximum Gasteiger partial charge on any atom is 0.252 e. The van der Waals surface area contributed by atoms with Crippen molar-refractivity contribution in [3.63, 3.8) is 0 Å². The maximum atomic E-state index is 13.1. The summed E-state index contributed by atoms with van der Waals surface area (Å²) in [5.41, 5.74) is 4.87. The minimum atomic E-state index is -0.0708. The fourth-order valence-corrected chi connectivity index (χ4v) is 5.49. The lowest BCUT2D eigenvalue weighted by Crippen LogP contribution is -2.28. The van der Waals surface area contributed by atoms with E-state index in [0.29, 0.717) is 25.7 Å². The van der Waals surface area contributed by atoms with Gasteiger partial charge in [-0.05, 0) is 78.1 Å². The molecule has 1 aliphatic carbocycles. The SMILES string of the molecule is Cc1cc(C)c2cc(CN(Cc3ccc4c(c3)OCO4)Cc3nnnn3C3CCCC3)c(=O)[nH]c2c1. The fourth-order valence-electron chi connectivity index (χ4n) is 5.49. The van der Waals surface area contributed by atoms with E-state index in [0.717, 1.165) is 63.3 Å². The van der Waals surface area contributed by atoms with E-state index in [9.17, 15) is 4.79 Å². The van der Waals surface area contributed by atoms with E-state index in [1.807, 2.05) is 41.9 Å². The van der Waals surface area contributed by atoms with Crippen LogP contribution in [0.4, 0.5) is 0 Å². The number of ether oxygens (including phenoxy) is 2. The Labute approximate surface area is 209 Å². The zero-order chi connectivity index (χ0) is 24.6. The number of hydrogen-bond acceptors (Lipinski definition) is 7. The average molecular weight is 487 g/mol. The summed E-state index contributed by atoms with van der Waals surface area (Å²) < 4.78 is 13.0. The number of pyridine rings is 1. The number of nitrogens with zero attached hydrogens (tertiary/aromatic N) is 5. The summed E-state index contributed by atoms with van der Waals surface area (Å²) in [6.07, 6.45) is 4.61. The molecule has 9 heteroatoms. The number of nitrogens with one attached hydrogen (secondary N) is 1. The molecule has 3 heterocycles. The Morgan fingerprint density at radius 2 is 1.86 bits per heavy atom. The highest BCUT2D eigenvalue weighted by atomic mass is 16.7. The van der Waals surface area contributed by atoms with E-state index in [1.165, 1.54) is 12.8 Å². The molecule has 36 heavy (non-hydrogen) atoms. The van der Waals surface area contributed by atoms with Crippen molar-refractivity contribution in [3.8, 4) is 11.5 Å². The van der Waals surface area contributed by atoms with Crippen molar-refractivity contribution in [2.45, 2.75) is 65.2 Å². The molecule has 1 aliphatic heterocycles. The third-order valence-electron chi connectivity index (χ3n) is 7.22. The van der Waals surface area contributed by atoms with Crippen LogP contribution in [0, 0.1) is 13.8 Å². The number of aromatic nitrogens is 5. The summed E-state index contributed by atoms with van der Waals surface area (Å²) in [6, 6.07) is 12.5. The summed E-state index contributed by atoms with van der Waals surface area (Å²) in [7, 11) is 0. The molecule has 0 radical (unpaired) electrons. The van der Waals surface area contributed by atoms with Gasteiger partial charge < -0.3 is 14.5 Å². The van der Waals surface area contributed by atoms with Crippen LogP contribution in [-0.2, 0) is 19.6 Å². The highest BCUT2D eigenvalue weighted by Crippen LogP contribution is 2.33. The molecule has 0 amide bonds. The first kappa shape index (κ1) is 22.7. The summed E-state index contributed by atoms with van der Waals surface area (Å²) in [4.78, 5) is 18.4. The molecule has 4 aromatic rings. The molecule has 6 rings (SSSR count). The van der Waals surface area contributed by atoms with Gasteiger partial charge in [-0.1, -0.05) is 25.0 Å². The van der Waals surface area contributed by atoms with E-state index < -0.39 is 0 Å². The quantitative estimate of drug-likeness (QED) is 0.418. The third-order valence-corrected chi connectivity index (χ3v) is 7.22. The van der Waals surface area contributed by atoms with Crippen LogP contribution in [-0.4, -0.2) is 36.9 Å². The van der Waals surface area contributed by atoms with E-state index in [2.05, 4.69) is 38.4 Å². The van der Waals surface area contributed by atoms with Crippen molar-refractivity contribution in [2.75, 3.05) is 6.79 Å². The third kappa shape index (κ3) is 4.46. The van der Waals surface area contributed by atoms with Crippen LogP contribution in [0.25, 0.3) is 10.9 Å². The second-order valence-corrected chi connectivity index (χ2v) is 9.98. The van der Waals surface area contributed by atoms with E-state index >= 15 is 0 Å². The van der Waals surface area contributed by atoms with Gasteiger partial charge in [0, 0.05) is 29.6 Å². The largest absolute Gasteiger partial charge is 0.454 e. The van der Waals surface area contributed by atoms with Crippen molar-refractivity contribution in [3.05, 3.63) is 74.8 Å². The second kappa shape index (κ2) is 9.39. The standard InChI is InChI=1S/C27H30N6O3/c1-17-9-18(2)22-12-20(27(34)28-23(22)10-17)14-32(13-19-7-8-24-25(11-19)36-16-35-24)15-26-29-30-31-33(26)21-5-3-4-6-21/h7-12,21H,3-6,13-16H2,1-2H3,(H,28,34). The Balaban J connectivity index is 1.33. The Kier molecular flexibility index (Phi) is 5.92. The van der Waals surface area contributed by atoms with E-state index in [-0.39, 0.29) is 12.4 Å². The Hall–Kier alpha value is -3.72. The number of H-pyrrole nitrogens is 1. The molecule has 0 spiro atoms. The fraction of sp³-hybridized carbons (Fsp3) is 0.407. The summed E-state index contributed by atoms with van der Waals surface area (Å²) in [5, 5.41) is 13.7. The lowest BCUT2D eigenvalue weighted by atomic mass is 10.0. The maximum absolute atomic E-state index is 13.1. The van der Waals surface area contributed by atoms with Crippen molar-refractivity contribution >= 4 is 10.9 Å². The number of rotatable bonds is 7. The molecule has 2 aromatic carbocycles. The van der Waals surface area contributed by atoms with Crippen molar-refractivity contribution in [1.29, 1.82) is 0 Å². The molecule has 2 aromatic heterocycles. The van der Waals surface area contributed by atoms with Crippen LogP contribution in [0.1, 0.15) is 59.8 Å². The Morgan fingerprint density at radius 1 is 1.03 bits per heavy atom. The molecule has 0 saturated heterocycles. The van der Waals surface area contributed by atoms with E-state index in [1.54, 1.807) is 0 Å². The van der Waals surface area contributed by atoms with Crippen LogP contribution in [0.15, 0.2) is 41.2 Å². The smallest absolute Gasteiger partial charge is 0.252 e. The number of aromatic amines is 1. The molecule has 1 N–H and O–H groups in total. The van der Waals surface area contributed by atoms with Gasteiger partial charge in [0.15, 0.2) is 17.3 Å². The molecule has 186 valence electrons. The van der Waals surface area contributed by atoms with Gasteiger partial charge in [-0.3, -0.25) is 9.69 Å². The first-order chi connectivity index (χ1) is 17.5. The Bertz CT molecular complexity index is 1470. The van der Waals surface area contributed by atoms with Gasteiger partial charge in [0.2, 0.25) is 6.79 Å². The molecule has 0 atom stereocenters.